The van der Waals surface area contributed by atoms with Crippen LogP contribution in [-0.2, 0) is 4.79 Å². The van der Waals surface area contributed by atoms with E-state index in [1.165, 1.54) is 0 Å². The summed E-state index contributed by atoms with van der Waals surface area (Å²) in [6, 6.07) is 16.1. The Morgan fingerprint density at radius 2 is 1.75 bits per heavy atom. The van der Waals surface area contributed by atoms with E-state index >= 15 is 0 Å². The summed E-state index contributed by atoms with van der Waals surface area (Å²) in [5.41, 5.74) is 1.62. The Kier molecular flexibility index (Phi) is 4.53. The quantitative estimate of drug-likeness (QED) is 0.664. The van der Waals surface area contributed by atoms with E-state index in [-0.39, 0.29) is 12.2 Å². The summed E-state index contributed by atoms with van der Waals surface area (Å²) in [4.78, 5) is 26.8. The van der Waals surface area contributed by atoms with Crippen LogP contribution < -0.4 is 5.32 Å². The van der Waals surface area contributed by atoms with Gasteiger partial charge in [0.25, 0.3) is 5.91 Å². The van der Waals surface area contributed by atoms with Crippen molar-refractivity contribution in [2.75, 3.05) is 6.54 Å². The minimum absolute atomic E-state index is 0.0239. The van der Waals surface area contributed by atoms with Gasteiger partial charge in [-0.2, -0.15) is 0 Å². The topological polar surface area (TPSA) is 82.2 Å². The number of hydrogen-bond donors (Lipinski definition) is 3. The highest BCUT2D eigenvalue weighted by atomic mass is 35.5. The molecule has 3 N–H and O–H groups in total. The van der Waals surface area contributed by atoms with E-state index in [1.54, 1.807) is 24.3 Å². The summed E-state index contributed by atoms with van der Waals surface area (Å²) in [5.74, 6) is -2.25. The molecule has 1 atom stereocenters. The fourth-order valence-electron chi connectivity index (χ4n) is 2.58. The molecule has 0 aliphatic heterocycles. The second-order valence-corrected chi connectivity index (χ2v) is 5.75. The first-order valence-corrected chi connectivity index (χ1v) is 7.78. The Bertz CT molecular complexity index is 890. The van der Waals surface area contributed by atoms with Gasteiger partial charge in [-0.15, -0.1) is 0 Å². The molecular formula is C18H15ClN2O3. The number of rotatable bonds is 5. The lowest BCUT2D eigenvalue weighted by molar-refractivity contribution is -0.138. The van der Waals surface area contributed by atoms with Crippen molar-refractivity contribution in [3.8, 4) is 0 Å². The van der Waals surface area contributed by atoms with E-state index in [4.69, 9.17) is 11.6 Å². The Labute approximate surface area is 143 Å². The number of aromatic amines is 1. The maximum absolute atomic E-state index is 12.4. The zero-order valence-corrected chi connectivity index (χ0v) is 13.4. The van der Waals surface area contributed by atoms with Crippen LogP contribution in [0.1, 0.15) is 22.0 Å². The normalized spacial score (nSPS) is 12.0. The third kappa shape index (κ3) is 3.12. The molecule has 122 valence electrons. The largest absolute Gasteiger partial charge is 0.481 e. The smallest absolute Gasteiger partial charge is 0.312 e. The number of carboxylic acid groups (broad SMARTS) is 1. The molecule has 0 aliphatic rings. The monoisotopic (exact) mass is 342 g/mol. The van der Waals surface area contributed by atoms with Crippen LogP contribution in [0.5, 0.6) is 0 Å². The number of hydrogen-bond acceptors (Lipinski definition) is 2. The number of amides is 1. The average molecular weight is 343 g/mol. The van der Waals surface area contributed by atoms with E-state index in [0.717, 1.165) is 10.9 Å². The minimum Gasteiger partial charge on any atom is -0.481 e. The summed E-state index contributed by atoms with van der Waals surface area (Å²) in [6.07, 6.45) is 0. The van der Waals surface area contributed by atoms with Gasteiger partial charge in [-0.1, -0.05) is 60.1 Å². The van der Waals surface area contributed by atoms with Crippen molar-refractivity contribution < 1.29 is 14.7 Å². The second kappa shape index (κ2) is 6.76. The van der Waals surface area contributed by atoms with E-state index in [9.17, 15) is 14.7 Å². The molecule has 0 spiro atoms. The summed E-state index contributed by atoms with van der Waals surface area (Å²) < 4.78 is 0. The van der Waals surface area contributed by atoms with Crippen LogP contribution in [0.15, 0.2) is 54.6 Å². The van der Waals surface area contributed by atoms with Crippen LogP contribution in [0.4, 0.5) is 0 Å². The lowest BCUT2D eigenvalue weighted by atomic mass is 9.99. The first-order valence-electron chi connectivity index (χ1n) is 7.40. The molecule has 0 saturated carbocycles. The molecule has 0 fully saturated rings. The molecule has 0 saturated heterocycles. The van der Waals surface area contributed by atoms with Crippen LogP contribution in [0.2, 0.25) is 5.02 Å². The molecule has 1 heterocycles. The molecule has 1 aromatic heterocycles. The fraction of sp³-hybridized carbons (Fsp3) is 0.111. The fourth-order valence-corrected chi connectivity index (χ4v) is 2.88. The predicted octanol–water partition coefficient (Wildman–Crippen LogP) is 3.42. The van der Waals surface area contributed by atoms with Crippen LogP contribution in [0.25, 0.3) is 10.9 Å². The number of nitrogens with one attached hydrogen (secondary N) is 2. The van der Waals surface area contributed by atoms with Gasteiger partial charge in [-0.05, 0) is 11.6 Å². The number of carboxylic acids is 1. The molecule has 1 unspecified atom stereocenters. The lowest BCUT2D eigenvalue weighted by Gasteiger charge is -2.13. The summed E-state index contributed by atoms with van der Waals surface area (Å²) in [5, 5.41) is 13.1. The number of para-hydroxylation sites is 1. The number of fused-ring (bicyclic) bond motifs is 1. The SMILES string of the molecule is O=C(NCC(C(=O)O)c1ccccc1)c1[nH]c2ccccc2c1Cl. The summed E-state index contributed by atoms with van der Waals surface area (Å²) in [6.45, 7) is -0.0239. The van der Waals surface area contributed by atoms with Crippen molar-refractivity contribution in [2.45, 2.75) is 5.92 Å². The number of carbonyl (C=O) groups is 2. The minimum atomic E-state index is -0.996. The van der Waals surface area contributed by atoms with Gasteiger partial charge in [0.2, 0.25) is 0 Å². The molecule has 3 aromatic rings. The van der Waals surface area contributed by atoms with E-state index in [0.29, 0.717) is 10.6 Å². The molecule has 3 rings (SSSR count). The molecule has 0 aliphatic carbocycles. The van der Waals surface area contributed by atoms with Crippen LogP contribution in [0.3, 0.4) is 0 Å². The third-order valence-corrected chi connectivity index (χ3v) is 4.23. The van der Waals surface area contributed by atoms with Crippen LogP contribution in [0, 0.1) is 0 Å². The van der Waals surface area contributed by atoms with E-state index < -0.39 is 17.8 Å². The van der Waals surface area contributed by atoms with E-state index in [1.807, 2.05) is 30.3 Å². The lowest BCUT2D eigenvalue weighted by Crippen LogP contribution is -2.32. The molecule has 6 heteroatoms. The Morgan fingerprint density at radius 3 is 2.42 bits per heavy atom. The third-order valence-electron chi connectivity index (χ3n) is 3.84. The molecule has 2 aromatic carbocycles. The van der Waals surface area contributed by atoms with Gasteiger partial charge in [0, 0.05) is 17.4 Å². The number of benzene rings is 2. The van der Waals surface area contributed by atoms with Gasteiger partial charge in [0.05, 0.1) is 10.9 Å². The Morgan fingerprint density at radius 1 is 1.08 bits per heavy atom. The molecule has 1 amide bonds. The maximum atomic E-state index is 12.4. The van der Waals surface area contributed by atoms with Gasteiger partial charge in [-0.25, -0.2) is 0 Å². The number of carbonyl (C=O) groups excluding carboxylic acids is 1. The van der Waals surface area contributed by atoms with Crippen molar-refractivity contribution in [3.05, 3.63) is 70.9 Å². The van der Waals surface area contributed by atoms with Gasteiger partial charge in [0.1, 0.15) is 5.69 Å². The van der Waals surface area contributed by atoms with Crippen molar-refractivity contribution in [2.24, 2.45) is 0 Å². The molecule has 24 heavy (non-hydrogen) atoms. The Balaban J connectivity index is 1.78. The highest BCUT2D eigenvalue weighted by molar-refractivity contribution is 6.38. The number of aliphatic carboxylic acids is 1. The highest BCUT2D eigenvalue weighted by Gasteiger charge is 2.22. The zero-order valence-electron chi connectivity index (χ0n) is 12.6. The van der Waals surface area contributed by atoms with Crippen molar-refractivity contribution in [1.29, 1.82) is 0 Å². The average Bonchev–Trinajstić information content (AvgIpc) is 2.93. The van der Waals surface area contributed by atoms with Crippen LogP contribution >= 0.6 is 11.6 Å². The summed E-state index contributed by atoms with van der Waals surface area (Å²) >= 11 is 6.24. The maximum Gasteiger partial charge on any atom is 0.312 e. The van der Waals surface area contributed by atoms with Gasteiger partial charge in [0.15, 0.2) is 0 Å². The van der Waals surface area contributed by atoms with Crippen molar-refractivity contribution in [1.82, 2.24) is 10.3 Å². The Hall–Kier alpha value is -2.79. The van der Waals surface area contributed by atoms with Crippen molar-refractivity contribution in [3.63, 3.8) is 0 Å². The first-order chi connectivity index (χ1) is 11.6. The number of halogens is 1. The first kappa shape index (κ1) is 16.1. The van der Waals surface area contributed by atoms with Crippen molar-refractivity contribution >= 4 is 34.4 Å². The van der Waals surface area contributed by atoms with Gasteiger partial charge in [-0.3, -0.25) is 9.59 Å². The molecule has 0 bridgehead atoms. The van der Waals surface area contributed by atoms with Gasteiger partial charge >= 0.3 is 5.97 Å². The predicted molar refractivity (Wildman–Crippen MR) is 92.5 cm³/mol. The van der Waals surface area contributed by atoms with E-state index in [2.05, 4.69) is 10.3 Å². The molecule has 5 nitrogen and oxygen atoms in total. The molecule has 0 radical (unpaired) electrons. The zero-order chi connectivity index (χ0) is 17.1. The summed E-state index contributed by atoms with van der Waals surface area (Å²) in [7, 11) is 0. The van der Waals surface area contributed by atoms with Gasteiger partial charge < -0.3 is 15.4 Å². The standard InChI is InChI=1S/C18H15ClN2O3/c19-15-12-8-4-5-9-14(12)21-16(15)17(22)20-10-13(18(23)24)11-6-2-1-3-7-11/h1-9,13,21H,10H2,(H,20,22)(H,23,24). The highest BCUT2D eigenvalue weighted by Crippen LogP contribution is 2.27. The second-order valence-electron chi connectivity index (χ2n) is 5.37. The number of aromatic nitrogens is 1. The van der Waals surface area contributed by atoms with Crippen LogP contribution in [-0.4, -0.2) is 28.5 Å². The molecular weight excluding hydrogens is 328 g/mol. The number of H-pyrrole nitrogens is 1.